The van der Waals surface area contributed by atoms with Gasteiger partial charge in [-0.2, -0.15) is 0 Å². The Morgan fingerprint density at radius 3 is 1.68 bits per heavy atom. The Kier molecular flexibility index (Phi) is 28.5. The van der Waals surface area contributed by atoms with Crippen LogP contribution >= 0.6 is 11.6 Å². The summed E-state index contributed by atoms with van der Waals surface area (Å²) in [6.45, 7) is 6.87. The average Bonchev–Trinajstić information content (AvgIpc) is 3.40. The lowest BCUT2D eigenvalue weighted by atomic mass is 9.99. The molecule has 1 heterocycles. The number of hydrogen-bond donors (Lipinski definition) is 15. The number of aliphatic hydroxyl groups is 10. The Balaban J connectivity index is 1.82. The van der Waals surface area contributed by atoms with Gasteiger partial charge in [-0.15, -0.1) is 0 Å². The SMILES string of the molecule is CC(C)(C)OC(=O)NCCCC[C@@H](C(=O)OC(C)(C)C)N(CCN(C[C@H](O)[C@@H](O)[C@H](O)[C@H](O)CO)C[C@H](O)[C@@H](O)[C@H](O)[C@H](O)CO)C(=O)CCc1ccc(-c2ccc(CCCCN=C(N)NC(=O)c3nc(Cl)c(N)nc3N)cc2)cc1. The second-order valence-electron chi connectivity index (χ2n) is 21.6. The van der Waals surface area contributed by atoms with Gasteiger partial charge in [0, 0.05) is 45.7 Å². The molecule has 81 heavy (non-hydrogen) atoms. The van der Waals surface area contributed by atoms with Crippen LogP contribution in [-0.2, 0) is 31.9 Å². The van der Waals surface area contributed by atoms with Gasteiger partial charge in [-0.05, 0) is 109 Å². The number of halogens is 1. The first-order valence-corrected chi connectivity index (χ1v) is 27.1. The van der Waals surface area contributed by atoms with Crippen LogP contribution in [0.5, 0.6) is 0 Å². The van der Waals surface area contributed by atoms with E-state index in [0.29, 0.717) is 25.8 Å². The summed E-state index contributed by atoms with van der Waals surface area (Å²) >= 11 is 5.86. The zero-order chi connectivity index (χ0) is 60.8. The normalized spacial score (nSPS) is 15.6. The number of anilines is 2. The van der Waals surface area contributed by atoms with Gasteiger partial charge in [0.1, 0.15) is 53.9 Å². The number of amides is 3. The lowest BCUT2D eigenvalue weighted by Gasteiger charge is -2.37. The Hall–Kier alpha value is -5.88. The van der Waals surface area contributed by atoms with Crippen molar-refractivity contribution in [2.45, 2.75) is 159 Å². The number of hydrogen-bond acceptors (Lipinski definition) is 22. The van der Waals surface area contributed by atoms with Crippen molar-refractivity contribution in [1.82, 2.24) is 30.4 Å². The minimum Gasteiger partial charge on any atom is -0.458 e. The molecular weight excluding hydrogens is 1080 g/mol. The van der Waals surface area contributed by atoms with Crippen LogP contribution in [0.25, 0.3) is 11.1 Å². The molecule has 0 bridgehead atoms. The van der Waals surface area contributed by atoms with Crippen LogP contribution in [0, 0.1) is 0 Å². The first-order valence-electron chi connectivity index (χ1n) is 26.7. The molecule has 1 aromatic heterocycles. The van der Waals surface area contributed by atoms with Gasteiger partial charge in [-0.25, -0.2) is 19.6 Å². The van der Waals surface area contributed by atoms with E-state index >= 15 is 0 Å². The summed E-state index contributed by atoms with van der Waals surface area (Å²) in [6, 6.07) is 14.3. The molecule has 27 heteroatoms. The quantitative estimate of drug-likeness (QED) is 0.0160. The van der Waals surface area contributed by atoms with Gasteiger partial charge in [0.2, 0.25) is 5.91 Å². The molecule has 3 aromatic rings. The van der Waals surface area contributed by atoms with E-state index in [1.807, 2.05) is 48.5 Å². The summed E-state index contributed by atoms with van der Waals surface area (Å²) in [7, 11) is 0. The average molecular weight is 1170 g/mol. The first kappa shape index (κ1) is 69.4. The second kappa shape index (κ2) is 33.3. The maximum Gasteiger partial charge on any atom is 0.407 e. The molecule has 0 aliphatic heterocycles. The number of esters is 1. The number of aliphatic hydroxyl groups excluding tert-OH is 10. The number of aliphatic imine (C=N–C) groups is 1. The molecule has 0 spiro atoms. The largest absolute Gasteiger partial charge is 0.458 e. The summed E-state index contributed by atoms with van der Waals surface area (Å²) in [4.78, 5) is 68.0. The van der Waals surface area contributed by atoms with Crippen molar-refractivity contribution in [3.8, 4) is 11.1 Å². The maximum atomic E-state index is 14.6. The molecule has 0 fully saturated rings. The molecule has 3 rings (SSSR count). The van der Waals surface area contributed by atoms with Crippen molar-refractivity contribution in [1.29, 1.82) is 0 Å². The number of unbranched alkanes of at least 4 members (excludes halogenated alkanes) is 2. The highest BCUT2D eigenvalue weighted by molar-refractivity contribution is 6.31. The number of nitrogens with two attached hydrogens (primary N) is 3. The van der Waals surface area contributed by atoms with E-state index in [4.69, 9.17) is 38.3 Å². The lowest BCUT2D eigenvalue weighted by molar-refractivity contribution is -0.165. The molecule has 0 aliphatic carbocycles. The number of ether oxygens (including phenoxy) is 2. The standard InChI is InChI=1S/C54H85ClN10O16/c1-53(2,3)80-50(78)35(12-8-10-24-60-52(79)81-54(4,5)6)65(26-25-64(27-36(68)42(73)44(75)38(70)29-66)28-37(69)43(74)45(76)39(71)30-67)40(72)22-17-32-15-20-34(21-16-32)33-18-13-31(14-19-33)11-7-9-23-59-51(58)63-49(77)41-47(56)62-48(57)46(55)61-41/h13-16,18-21,35-39,42-45,66-71,73-76H,7-12,17,22-30H2,1-6H3,(H,60,79)(H4,56,57,62)(H3,58,59,63,77)/t35-,36-,37-,38+,39+,42+,43+,44+,45+/m0/s1. The third-order valence-corrected chi connectivity index (χ3v) is 12.8. The van der Waals surface area contributed by atoms with Crippen molar-refractivity contribution in [3.63, 3.8) is 0 Å². The van der Waals surface area contributed by atoms with Crippen molar-refractivity contribution in [2.75, 3.05) is 63.9 Å². The van der Waals surface area contributed by atoms with Crippen LogP contribution in [0.2, 0.25) is 5.15 Å². The fourth-order valence-electron chi connectivity index (χ4n) is 8.16. The van der Waals surface area contributed by atoms with Crippen molar-refractivity contribution in [3.05, 3.63) is 70.5 Å². The summed E-state index contributed by atoms with van der Waals surface area (Å²) in [6.07, 6.45) is -13.3. The molecule has 2 aromatic carbocycles. The predicted molar refractivity (Wildman–Crippen MR) is 301 cm³/mol. The topological polar surface area (TPSA) is 436 Å². The Morgan fingerprint density at radius 2 is 1.17 bits per heavy atom. The predicted octanol–water partition coefficient (Wildman–Crippen LogP) is -0.631. The van der Waals surface area contributed by atoms with E-state index in [-0.39, 0.29) is 67.3 Å². The van der Waals surface area contributed by atoms with Crippen LogP contribution in [0.15, 0.2) is 53.5 Å². The summed E-state index contributed by atoms with van der Waals surface area (Å²) in [5.41, 5.74) is 18.9. The number of nitrogen functional groups attached to an aromatic ring is 2. The molecule has 0 aliphatic rings. The van der Waals surface area contributed by atoms with E-state index in [1.54, 1.807) is 41.5 Å². The maximum absolute atomic E-state index is 14.6. The van der Waals surface area contributed by atoms with E-state index in [0.717, 1.165) is 35.1 Å². The van der Waals surface area contributed by atoms with Crippen molar-refractivity contribution >= 4 is 53.1 Å². The number of alkyl carbamates (subject to hydrolysis) is 1. The number of benzene rings is 2. The number of aromatic nitrogens is 2. The summed E-state index contributed by atoms with van der Waals surface area (Å²) in [5, 5.41) is 108. The van der Waals surface area contributed by atoms with Crippen LogP contribution in [-0.4, -0.2) is 219 Å². The third kappa shape index (κ3) is 24.2. The minimum absolute atomic E-state index is 0.0459. The highest BCUT2D eigenvalue weighted by Crippen LogP contribution is 2.24. The number of guanidine groups is 1. The molecule has 3 amide bonds. The van der Waals surface area contributed by atoms with Crippen molar-refractivity contribution in [2.24, 2.45) is 10.7 Å². The molecule has 454 valence electrons. The van der Waals surface area contributed by atoms with Gasteiger partial charge in [0.05, 0.1) is 25.4 Å². The van der Waals surface area contributed by atoms with Crippen LogP contribution in [0.3, 0.4) is 0 Å². The van der Waals surface area contributed by atoms with Crippen molar-refractivity contribution < 1.29 is 79.7 Å². The number of carbonyl (C=O) groups is 4. The minimum atomic E-state index is -2.06. The zero-order valence-electron chi connectivity index (χ0n) is 46.9. The fourth-order valence-corrected chi connectivity index (χ4v) is 8.28. The Morgan fingerprint density at radius 1 is 0.667 bits per heavy atom. The van der Waals surface area contributed by atoms with E-state index in [1.165, 1.54) is 9.80 Å². The lowest BCUT2D eigenvalue weighted by Crippen LogP contribution is -2.55. The van der Waals surface area contributed by atoms with Gasteiger partial charge in [-0.1, -0.05) is 60.1 Å². The number of rotatable bonds is 32. The molecule has 0 radical (unpaired) electrons. The summed E-state index contributed by atoms with van der Waals surface area (Å²) in [5.74, 6) is -2.44. The van der Waals surface area contributed by atoms with Gasteiger partial charge >= 0.3 is 12.1 Å². The van der Waals surface area contributed by atoms with Crippen LogP contribution in [0.4, 0.5) is 16.4 Å². The van der Waals surface area contributed by atoms with Gasteiger partial charge in [-0.3, -0.25) is 24.8 Å². The van der Waals surface area contributed by atoms with Gasteiger partial charge in [0.25, 0.3) is 5.91 Å². The molecule has 0 saturated carbocycles. The number of nitrogens with zero attached hydrogens (tertiary/aromatic N) is 5. The first-order chi connectivity index (χ1) is 37.9. The fraction of sp³-hybridized carbons (Fsp3) is 0.611. The number of carbonyl (C=O) groups excluding carboxylic acids is 4. The number of nitrogens with one attached hydrogen (secondary N) is 2. The second-order valence-corrected chi connectivity index (χ2v) is 22.0. The highest BCUT2D eigenvalue weighted by Gasteiger charge is 2.37. The zero-order valence-corrected chi connectivity index (χ0v) is 47.7. The van der Waals surface area contributed by atoms with E-state index in [2.05, 4.69) is 25.6 Å². The number of aryl methyl sites for hydroxylation is 2. The highest BCUT2D eigenvalue weighted by atomic mass is 35.5. The Bertz CT molecular complexity index is 2440. The van der Waals surface area contributed by atoms with E-state index < -0.39 is 116 Å². The molecule has 9 atom stereocenters. The van der Waals surface area contributed by atoms with Crippen LogP contribution < -0.4 is 27.8 Å². The molecule has 18 N–H and O–H groups in total. The molecular formula is C54H85ClN10O16. The van der Waals surface area contributed by atoms with Gasteiger partial charge < -0.3 is 88.0 Å². The van der Waals surface area contributed by atoms with E-state index in [9.17, 15) is 70.2 Å². The third-order valence-electron chi connectivity index (χ3n) is 12.5. The Labute approximate surface area is 477 Å². The summed E-state index contributed by atoms with van der Waals surface area (Å²) < 4.78 is 11.2. The smallest absolute Gasteiger partial charge is 0.407 e. The molecule has 26 nitrogen and oxygen atoms in total. The monoisotopic (exact) mass is 1160 g/mol. The van der Waals surface area contributed by atoms with Crippen LogP contribution in [0.1, 0.15) is 102 Å². The molecule has 0 unspecified atom stereocenters. The molecule has 0 saturated heterocycles. The van der Waals surface area contributed by atoms with Gasteiger partial charge in [0.15, 0.2) is 28.4 Å².